The van der Waals surface area contributed by atoms with E-state index in [0.29, 0.717) is 18.9 Å². The maximum absolute atomic E-state index is 13.2. The van der Waals surface area contributed by atoms with E-state index in [1.165, 1.54) is 11.1 Å². The fraction of sp³-hybridized carbons (Fsp3) is 0.615. The zero-order valence-corrected chi connectivity index (χ0v) is 10.3. The van der Waals surface area contributed by atoms with Crippen molar-refractivity contribution in [2.24, 2.45) is 0 Å². The van der Waals surface area contributed by atoms with Gasteiger partial charge in [-0.05, 0) is 36.5 Å². The van der Waals surface area contributed by atoms with E-state index >= 15 is 0 Å². The van der Waals surface area contributed by atoms with E-state index in [9.17, 15) is 8.78 Å². The number of nitrogens with two attached hydrogens (primary N) is 1. The number of piperidine rings is 1. The van der Waals surface area contributed by atoms with Crippen LogP contribution in [0, 0.1) is 0 Å². The molecule has 2 N–H and O–H groups in total. The number of aromatic nitrogens is 1. The third-order valence-corrected chi connectivity index (χ3v) is 3.88. The number of nitrogen functional groups attached to an aromatic ring is 1. The molecule has 18 heavy (non-hydrogen) atoms. The van der Waals surface area contributed by atoms with E-state index < -0.39 is 5.92 Å². The Kier molecular flexibility index (Phi) is 2.64. The highest BCUT2D eigenvalue weighted by molar-refractivity contribution is 5.58. The molecule has 1 aromatic heterocycles. The van der Waals surface area contributed by atoms with Crippen LogP contribution in [0.2, 0.25) is 0 Å². The van der Waals surface area contributed by atoms with Gasteiger partial charge in [-0.3, -0.25) is 0 Å². The second-order valence-electron chi connectivity index (χ2n) is 5.20. The second kappa shape index (κ2) is 4.07. The first-order valence-corrected chi connectivity index (χ1v) is 6.46. The number of anilines is 2. The molecule has 1 saturated heterocycles. The number of nitrogens with zero attached hydrogens (tertiary/aromatic N) is 2. The Balaban J connectivity index is 1.89. The molecule has 0 bridgehead atoms. The van der Waals surface area contributed by atoms with Gasteiger partial charge >= 0.3 is 0 Å². The Morgan fingerprint density at radius 1 is 1.22 bits per heavy atom. The van der Waals surface area contributed by atoms with Crippen molar-refractivity contribution in [1.82, 2.24) is 4.98 Å². The van der Waals surface area contributed by atoms with Gasteiger partial charge in [0, 0.05) is 25.9 Å². The summed E-state index contributed by atoms with van der Waals surface area (Å²) in [5.74, 6) is -1.17. The first-order valence-electron chi connectivity index (χ1n) is 6.46. The van der Waals surface area contributed by atoms with Crippen molar-refractivity contribution in [3.63, 3.8) is 0 Å². The van der Waals surface area contributed by atoms with Gasteiger partial charge in [0.2, 0.25) is 0 Å². The van der Waals surface area contributed by atoms with Crippen LogP contribution in [0.5, 0.6) is 0 Å². The summed E-state index contributed by atoms with van der Waals surface area (Å²) in [5, 5.41) is 0. The number of hydrogen-bond acceptors (Lipinski definition) is 3. The van der Waals surface area contributed by atoms with E-state index in [0.717, 1.165) is 25.1 Å². The standard InChI is InChI=1S/C13H17F2N3/c14-13(15)4-6-18(7-5-13)12-10-3-1-2-9(10)8-11(16)17-12/h8H,1-7H2,(H2,16,17). The molecule has 3 rings (SSSR count). The van der Waals surface area contributed by atoms with Gasteiger partial charge < -0.3 is 10.6 Å². The normalized spacial score (nSPS) is 22.0. The van der Waals surface area contributed by atoms with Gasteiger partial charge in [0.05, 0.1) is 0 Å². The third-order valence-electron chi connectivity index (χ3n) is 3.88. The summed E-state index contributed by atoms with van der Waals surface area (Å²) < 4.78 is 26.4. The van der Waals surface area contributed by atoms with Crippen molar-refractivity contribution < 1.29 is 8.78 Å². The maximum atomic E-state index is 13.2. The van der Waals surface area contributed by atoms with Gasteiger partial charge in [-0.1, -0.05) is 0 Å². The van der Waals surface area contributed by atoms with E-state index in [1.807, 2.05) is 11.0 Å². The van der Waals surface area contributed by atoms with Crippen molar-refractivity contribution in [2.45, 2.75) is 38.0 Å². The van der Waals surface area contributed by atoms with Gasteiger partial charge in [-0.15, -0.1) is 0 Å². The highest BCUT2D eigenvalue weighted by Gasteiger charge is 2.35. The van der Waals surface area contributed by atoms with Crippen molar-refractivity contribution in [3.8, 4) is 0 Å². The van der Waals surface area contributed by atoms with Crippen molar-refractivity contribution in [3.05, 3.63) is 17.2 Å². The Morgan fingerprint density at radius 2 is 1.94 bits per heavy atom. The molecule has 0 saturated carbocycles. The zero-order chi connectivity index (χ0) is 12.8. The van der Waals surface area contributed by atoms with Gasteiger partial charge in [0.15, 0.2) is 0 Å². The SMILES string of the molecule is Nc1cc2c(c(N3CCC(F)(F)CC3)n1)CCC2. The predicted octanol–water partition coefficient (Wildman–Crippen LogP) is 2.39. The van der Waals surface area contributed by atoms with E-state index in [-0.39, 0.29) is 12.8 Å². The molecule has 98 valence electrons. The second-order valence-corrected chi connectivity index (χ2v) is 5.20. The van der Waals surface area contributed by atoms with Crippen LogP contribution in [0.4, 0.5) is 20.4 Å². The van der Waals surface area contributed by atoms with Gasteiger partial charge in [-0.25, -0.2) is 13.8 Å². The third kappa shape index (κ3) is 2.02. The molecular weight excluding hydrogens is 236 g/mol. The summed E-state index contributed by atoms with van der Waals surface area (Å²) in [6, 6.07) is 1.92. The number of alkyl halides is 2. The van der Waals surface area contributed by atoms with Crippen LogP contribution in [0.25, 0.3) is 0 Å². The average molecular weight is 253 g/mol. The summed E-state index contributed by atoms with van der Waals surface area (Å²) in [5.41, 5.74) is 8.27. The number of fused-ring (bicyclic) bond motifs is 1. The Labute approximate surface area is 105 Å². The first-order chi connectivity index (χ1) is 8.55. The smallest absolute Gasteiger partial charge is 0.251 e. The fourth-order valence-electron chi connectivity index (χ4n) is 2.89. The quantitative estimate of drug-likeness (QED) is 0.835. The van der Waals surface area contributed by atoms with Gasteiger partial charge in [-0.2, -0.15) is 0 Å². The fourth-order valence-corrected chi connectivity index (χ4v) is 2.89. The summed E-state index contributed by atoms with van der Waals surface area (Å²) in [7, 11) is 0. The largest absolute Gasteiger partial charge is 0.384 e. The summed E-state index contributed by atoms with van der Waals surface area (Å²) >= 11 is 0. The van der Waals surface area contributed by atoms with Gasteiger partial charge in [0.1, 0.15) is 11.6 Å². The lowest BCUT2D eigenvalue weighted by Gasteiger charge is -2.33. The monoisotopic (exact) mass is 253 g/mol. The van der Waals surface area contributed by atoms with Crippen LogP contribution >= 0.6 is 0 Å². The Morgan fingerprint density at radius 3 is 2.67 bits per heavy atom. The van der Waals surface area contributed by atoms with Crippen LogP contribution in [0.15, 0.2) is 6.07 Å². The number of rotatable bonds is 1. The average Bonchev–Trinajstić information content (AvgIpc) is 2.76. The summed E-state index contributed by atoms with van der Waals surface area (Å²) in [6.45, 7) is 0.742. The van der Waals surface area contributed by atoms with Crippen LogP contribution in [0.3, 0.4) is 0 Å². The molecule has 3 nitrogen and oxygen atoms in total. The summed E-state index contributed by atoms with van der Waals surface area (Å²) in [4.78, 5) is 6.35. The topological polar surface area (TPSA) is 42.1 Å². The Hall–Kier alpha value is -1.39. The molecule has 0 aromatic carbocycles. The van der Waals surface area contributed by atoms with Crippen LogP contribution in [-0.4, -0.2) is 24.0 Å². The predicted molar refractivity (Wildman–Crippen MR) is 67.1 cm³/mol. The molecule has 0 spiro atoms. The highest BCUT2D eigenvalue weighted by Crippen LogP contribution is 2.35. The number of aryl methyl sites for hydroxylation is 1. The van der Waals surface area contributed by atoms with E-state index in [2.05, 4.69) is 4.98 Å². The zero-order valence-electron chi connectivity index (χ0n) is 10.3. The van der Waals surface area contributed by atoms with Crippen molar-refractivity contribution >= 4 is 11.6 Å². The lowest BCUT2D eigenvalue weighted by atomic mass is 10.1. The minimum Gasteiger partial charge on any atom is -0.384 e. The summed E-state index contributed by atoms with van der Waals surface area (Å²) in [6.07, 6.45) is 2.96. The molecular formula is C13H17F2N3. The molecule has 0 radical (unpaired) electrons. The van der Waals surface area contributed by atoms with Crippen LogP contribution < -0.4 is 10.6 Å². The first kappa shape index (κ1) is 11.7. The molecule has 1 aliphatic heterocycles. The van der Waals surface area contributed by atoms with Crippen LogP contribution in [-0.2, 0) is 12.8 Å². The van der Waals surface area contributed by atoms with Crippen LogP contribution in [0.1, 0.15) is 30.4 Å². The highest BCUT2D eigenvalue weighted by atomic mass is 19.3. The lowest BCUT2D eigenvalue weighted by Crippen LogP contribution is -2.40. The molecule has 0 unspecified atom stereocenters. The van der Waals surface area contributed by atoms with Crippen molar-refractivity contribution in [2.75, 3.05) is 23.7 Å². The molecule has 1 aliphatic carbocycles. The minimum absolute atomic E-state index is 0.0851. The molecule has 5 heteroatoms. The van der Waals surface area contributed by atoms with E-state index in [1.54, 1.807) is 0 Å². The van der Waals surface area contributed by atoms with Crippen molar-refractivity contribution in [1.29, 1.82) is 0 Å². The molecule has 1 aromatic rings. The molecule has 0 atom stereocenters. The number of hydrogen-bond donors (Lipinski definition) is 1. The van der Waals surface area contributed by atoms with E-state index in [4.69, 9.17) is 5.73 Å². The maximum Gasteiger partial charge on any atom is 0.251 e. The molecule has 2 heterocycles. The number of halogens is 2. The van der Waals surface area contributed by atoms with Gasteiger partial charge in [0.25, 0.3) is 5.92 Å². The molecule has 0 amide bonds. The molecule has 1 fully saturated rings. The minimum atomic E-state index is -2.51. The number of pyridine rings is 1. The lowest BCUT2D eigenvalue weighted by molar-refractivity contribution is -0.0221. The Bertz CT molecular complexity index is 464. The molecule has 2 aliphatic rings.